The molecule has 0 saturated carbocycles. The molecule has 1 heterocycles. The number of ether oxygens (including phenoxy) is 1. The van der Waals surface area contributed by atoms with Crippen LogP contribution in [0.1, 0.15) is 34.6 Å². The minimum atomic E-state index is -0.340. The summed E-state index contributed by atoms with van der Waals surface area (Å²) in [7, 11) is 2.11. The lowest BCUT2D eigenvalue weighted by Crippen LogP contribution is -2.65. The lowest BCUT2D eigenvalue weighted by molar-refractivity contribution is -0.145. The first-order valence-corrected chi connectivity index (χ1v) is 8.77. The van der Waals surface area contributed by atoms with E-state index in [0.717, 1.165) is 11.8 Å². The molecule has 0 radical (unpaired) electrons. The highest BCUT2D eigenvalue weighted by Gasteiger charge is 2.55. The van der Waals surface area contributed by atoms with Gasteiger partial charge in [-0.1, -0.05) is 46.4 Å². The average molecular weight is 334 g/mol. The summed E-state index contributed by atoms with van der Waals surface area (Å²) in [6, 6.07) is 0. The van der Waals surface area contributed by atoms with Crippen molar-refractivity contribution in [2.24, 2.45) is 16.7 Å². The fourth-order valence-electron chi connectivity index (χ4n) is 3.41. The van der Waals surface area contributed by atoms with E-state index in [1.807, 2.05) is 0 Å². The molecule has 1 N–H and O–H groups in total. The molecule has 1 aliphatic rings. The zero-order chi connectivity index (χ0) is 16.4. The number of carbonyl (C=O) groups excluding carboxylic acids is 2. The molecule has 1 fully saturated rings. The molecule has 122 valence electrons. The van der Waals surface area contributed by atoms with E-state index in [1.54, 1.807) is 0 Å². The molecule has 1 saturated heterocycles. The number of β-lactam (4-membered cyclic amide) rings is 1. The summed E-state index contributed by atoms with van der Waals surface area (Å²) in [4.78, 5) is 23.8. The van der Waals surface area contributed by atoms with Gasteiger partial charge in [-0.2, -0.15) is 0 Å². The molecule has 1 rings (SSSR count). The van der Waals surface area contributed by atoms with Crippen LogP contribution < -0.4 is 5.32 Å². The Labute approximate surface area is 134 Å². The van der Waals surface area contributed by atoms with Gasteiger partial charge in [0.2, 0.25) is 11.0 Å². The fraction of sp³-hybridized carbons (Fsp3) is 0.857. The Balaban J connectivity index is 2.89. The number of hydrogen-bond donors (Lipinski definition) is 1. The maximum absolute atomic E-state index is 12.1. The predicted octanol–water partition coefficient (Wildman–Crippen LogP) is 0.703. The molecular formula is C14H27NO4SSi. The Kier molecular flexibility index (Phi) is 6.05. The van der Waals surface area contributed by atoms with E-state index in [-0.39, 0.29) is 45.9 Å². The number of carbonyl (C=O) groups is 2. The van der Waals surface area contributed by atoms with Crippen LogP contribution in [0.15, 0.2) is 0 Å². The zero-order valence-electron chi connectivity index (χ0n) is 14.0. The second kappa shape index (κ2) is 6.81. The SMILES string of the molecule is COCC(=O)S[C@H]1NC(=O)[C@@H]1C(C)(C)C(O[SiH3])C(C)(C)C. The van der Waals surface area contributed by atoms with Crippen LogP contribution in [0.3, 0.4) is 0 Å². The van der Waals surface area contributed by atoms with Crippen LogP contribution in [0.2, 0.25) is 0 Å². The third kappa shape index (κ3) is 4.09. The van der Waals surface area contributed by atoms with E-state index in [0.29, 0.717) is 10.5 Å². The lowest BCUT2D eigenvalue weighted by atomic mass is 9.64. The Bertz CT molecular complexity index is 408. The lowest BCUT2D eigenvalue weighted by Gasteiger charge is -2.51. The molecule has 0 aromatic rings. The van der Waals surface area contributed by atoms with Crippen molar-refractivity contribution in [1.29, 1.82) is 0 Å². The molecule has 0 spiro atoms. The summed E-state index contributed by atoms with van der Waals surface area (Å²) < 4.78 is 10.7. The second-order valence-electron chi connectivity index (χ2n) is 7.13. The smallest absolute Gasteiger partial charge is 0.227 e. The van der Waals surface area contributed by atoms with E-state index in [2.05, 4.69) is 39.9 Å². The van der Waals surface area contributed by atoms with Gasteiger partial charge in [0.05, 0.1) is 17.4 Å². The van der Waals surface area contributed by atoms with Crippen molar-refractivity contribution in [2.75, 3.05) is 13.7 Å². The van der Waals surface area contributed by atoms with Gasteiger partial charge in [0, 0.05) is 12.5 Å². The molecule has 21 heavy (non-hydrogen) atoms. The van der Waals surface area contributed by atoms with Gasteiger partial charge in [0.25, 0.3) is 0 Å². The van der Waals surface area contributed by atoms with Crippen molar-refractivity contribution >= 4 is 33.3 Å². The van der Waals surface area contributed by atoms with Gasteiger partial charge in [-0.3, -0.25) is 9.59 Å². The van der Waals surface area contributed by atoms with Crippen LogP contribution in [0.4, 0.5) is 0 Å². The topological polar surface area (TPSA) is 64.6 Å². The highest BCUT2D eigenvalue weighted by Crippen LogP contribution is 2.47. The van der Waals surface area contributed by atoms with Gasteiger partial charge in [-0.15, -0.1) is 0 Å². The maximum Gasteiger partial charge on any atom is 0.227 e. The van der Waals surface area contributed by atoms with Gasteiger partial charge in [0.1, 0.15) is 17.1 Å². The van der Waals surface area contributed by atoms with E-state index in [1.165, 1.54) is 7.11 Å². The maximum atomic E-state index is 12.1. The molecule has 3 atom stereocenters. The molecule has 1 amide bonds. The van der Waals surface area contributed by atoms with Crippen LogP contribution in [0.25, 0.3) is 0 Å². The largest absolute Gasteiger partial charge is 0.424 e. The first-order valence-electron chi connectivity index (χ1n) is 7.07. The van der Waals surface area contributed by atoms with Crippen molar-refractivity contribution in [3.63, 3.8) is 0 Å². The van der Waals surface area contributed by atoms with Crippen LogP contribution in [0, 0.1) is 16.7 Å². The summed E-state index contributed by atoms with van der Waals surface area (Å²) >= 11 is 1.15. The molecule has 5 nitrogen and oxygen atoms in total. The summed E-state index contributed by atoms with van der Waals surface area (Å²) in [6.45, 7) is 10.5. The molecular weight excluding hydrogens is 306 g/mol. The molecule has 0 aliphatic carbocycles. The van der Waals surface area contributed by atoms with E-state index < -0.39 is 0 Å². The predicted molar refractivity (Wildman–Crippen MR) is 87.9 cm³/mol. The molecule has 0 aromatic carbocycles. The molecule has 0 bridgehead atoms. The first-order chi connectivity index (χ1) is 9.55. The van der Waals surface area contributed by atoms with Gasteiger partial charge in [-0.05, 0) is 5.41 Å². The quantitative estimate of drug-likeness (QED) is 0.573. The fourth-order valence-corrected chi connectivity index (χ4v) is 5.98. The highest BCUT2D eigenvalue weighted by molar-refractivity contribution is 8.14. The van der Waals surface area contributed by atoms with E-state index in [9.17, 15) is 9.59 Å². The summed E-state index contributed by atoms with van der Waals surface area (Å²) in [6.07, 6.45) is -0.0339. The minimum absolute atomic E-state index is 0.00400. The van der Waals surface area contributed by atoms with Crippen molar-refractivity contribution in [3.8, 4) is 0 Å². The van der Waals surface area contributed by atoms with Gasteiger partial charge in [-0.25, -0.2) is 0 Å². The van der Waals surface area contributed by atoms with Crippen molar-refractivity contribution in [3.05, 3.63) is 0 Å². The second-order valence-corrected chi connectivity index (χ2v) is 8.80. The van der Waals surface area contributed by atoms with E-state index >= 15 is 0 Å². The van der Waals surface area contributed by atoms with Crippen LogP contribution in [-0.2, 0) is 18.8 Å². The van der Waals surface area contributed by atoms with Crippen LogP contribution in [-0.4, -0.2) is 46.7 Å². The van der Waals surface area contributed by atoms with Crippen LogP contribution in [0.5, 0.6) is 0 Å². The number of methoxy groups -OCH3 is 1. The van der Waals surface area contributed by atoms with E-state index in [4.69, 9.17) is 9.16 Å². The number of thioether (sulfide) groups is 1. The Hall–Kier alpha value is -0.373. The Morgan fingerprint density at radius 3 is 2.33 bits per heavy atom. The minimum Gasteiger partial charge on any atom is -0.424 e. The first kappa shape index (κ1) is 18.7. The summed E-state index contributed by atoms with van der Waals surface area (Å²) in [5.41, 5.74) is -0.403. The van der Waals surface area contributed by atoms with Gasteiger partial charge in [0.15, 0.2) is 0 Å². The van der Waals surface area contributed by atoms with Crippen molar-refractivity contribution in [2.45, 2.75) is 46.1 Å². The number of hydrogen-bond acceptors (Lipinski definition) is 5. The highest BCUT2D eigenvalue weighted by atomic mass is 32.2. The van der Waals surface area contributed by atoms with Crippen molar-refractivity contribution in [1.82, 2.24) is 5.32 Å². The third-order valence-corrected chi connectivity index (χ3v) is 5.39. The summed E-state index contributed by atoms with van der Waals surface area (Å²) in [5.74, 6) is -0.239. The average Bonchev–Trinajstić information content (AvgIpc) is 2.25. The van der Waals surface area contributed by atoms with Gasteiger partial charge >= 0.3 is 0 Å². The third-order valence-electron chi connectivity index (χ3n) is 3.89. The number of amides is 1. The molecule has 1 aliphatic heterocycles. The number of nitrogens with one attached hydrogen (secondary N) is 1. The Morgan fingerprint density at radius 1 is 1.38 bits per heavy atom. The normalized spacial score (nSPS) is 24.4. The number of rotatable bonds is 6. The molecule has 7 heteroatoms. The monoisotopic (exact) mass is 333 g/mol. The molecule has 0 aromatic heterocycles. The standard InChI is InChI=1S/C14H27NO4SSi/c1-13(2,3)12(19-21)14(4,5)9-10(17)15-11(9)20-8(16)7-18-6/h9,11-12H,7H2,1-6,21H3,(H,15,17)/t9-,11+,12?/m0/s1. The van der Waals surface area contributed by atoms with Gasteiger partial charge < -0.3 is 14.5 Å². The Morgan fingerprint density at radius 2 is 1.95 bits per heavy atom. The molecule has 1 unspecified atom stereocenters. The zero-order valence-corrected chi connectivity index (χ0v) is 16.8. The van der Waals surface area contributed by atoms with Crippen molar-refractivity contribution < 1.29 is 18.8 Å². The van der Waals surface area contributed by atoms with Crippen LogP contribution >= 0.6 is 11.8 Å². The summed E-state index contributed by atoms with van der Waals surface area (Å²) in [5, 5.41) is 2.56.